The number of nitrogens with zero attached hydrogens (tertiary/aromatic N) is 2. The van der Waals surface area contributed by atoms with Crippen LogP contribution in [0.2, 0.25) is 5.02 Å². The lowest BCUT2D eigenvalue weighted by Crippen LogP contribution is -2.50. The molecular formula is C20H21ClN2O4S. The number of benzene rings is 2. The lowest BCUT2D eigenvalue weighted by atomic mass is 10.2. The number of carbonyl (C=O) groups is 2. The van der Waals surface area contributed by atoms with Crippen molar-refractivity contribution in [1.29, 1.82) is 0 Å². The molecule has 1 heterocycles. The Bertz CT molecular complexity index is 897. The molecule has 28 heavy (non-hydrogen) atoms. The molecule has 3 rings (SSSR count). The number of hydrogen-bond donors (Lipinski definition) is 0. The molecule has 0 N–H and O–H groups in total. The van der Waals surface area contributed by atoms with Crippen molar-refractivity contribution < 1.29 is 18.5 Å². The average molecular weight is 421 g/mol. The van der Waals surface area contributed by atoms with Gasteiger partial charge in [-0.3, -0.25) is 9.00 Å². The van der Waals surface area contributed by atoms with E-state index in [1.54, 1.807) is 29.2 Å². The predicted octanol–water partition coefficient (Wildman–Crippen LogP) is 2.58. The maximum absolute atomic E-state index is 12.4. The van der Waals surface area contributed by atoms with Crippen LogP contribution in [0.25, 0.3) is 0 Å². The average Bonchev–Trinajstić information content (AvgIpc) is 2.72. The van der Waals surface area contributed by atoms with Crippen LogP contribution in [0.15, 0.2) is 53.4 Å². The minimum absolute atomic E-state index is 0.222. The van der Waals surface area contributed by atoms with Gasteiger partial charge in [0.15, 0.2) is 6.61 Å². The molecule has 0 bridgehead atoms. The van der Waals surface area contributed by atoms with Gasteiger partial charge in [-0.25, -0.2) is 4.79 Å². The highest BCUT2D eigenvalue weighted by atomic mass is 35.5. The Balaban J connectivity index is 1.53. The first kappa shape index (κ1) is 20.4. The quantitative estimate of drug-likeness (QED) is 0.695. The molecule has 0 radical (unpaired) electrons. The van der Waals surface area contributed by atoms with Crippen LogP contribution in [0, 0.1) is 0 Å². The number of anilines is 1. The second-order valence-corrected chi connectivity index (χ2v) is 8.10. The molecule has 1 fully saturated rings. The number of halogens is 1. The summed E-state index contributed by atoms with van der Waals surface area (Å²) in [6, 6.07) is 14.1. The lowest BCUT2D eigenvalue weighted by Gasteiger charge is -2.36. The van der Waals surface area contributed by atoms with Gasteiger partial charge < -0.3 is 14.5 Å². The van der Waals surface area contributed by atoms with Gasteiger partial charge in [0.25, 0.3) is 5.91 Å². The van der Waals surface area contributed by atoms with Gasteiger partial charge >= 0.3 is 5.97 Å². The van der Waals surface area contributed by atoms with E-state index >= 15 is 0 Å². The minimum atomic E-state index is -1.32. The van der Waals surface area contributed by atoms with Crippen molar-refractivity contribution in [2.45, 2.75) is 4.90 Å². The van der Waals surface area contributed by atoms with Gasteiger partial charge in [-0.1, -0.05) is 35.9 Å². The van der Waals surface area contributed by atoms with E-state index in [1.807, 2.05) is 24.3 Å². The second-order valence-electron chi connectivity index (χ2n) is 6.35. The molecule has 1 saturated heterocycles. The van der Waals surface area contributed by atoms with Crippen LogP contribution in [0.1, 0.15) is 10.4 Å². The number of piperazine rings is 1. The third kappa shape index (κ3) is 4.72. The second kappa shape index (κ2) is 9.21. The molecule has 0 aromatic heterocycles. The van der Waals surface area contributed by atoms with E-state index in [9.17, 15) is 13.8 Å². The molecular weight excluding hydrogens is 400 g/mol. The van der Waals surface area contributed by atoms with E-state index in [1.165, 1.54) is 6.26 Å². The molecule has 0 spiro atoms. The predicted molar refractivity (Wildman–Crippen MR) is 109 cm³/mol. The molecule has 0 aliphatic carbocycles. The van der Waals surface area contributed by atoms with Gasteiger partial charge in [0, 0.05) is 32.4 Å². The van der Waals surface area contributed by atoms with Crippen LogP contribution in [0.4, 0.5) is 5.69 Å². The van der Waals surface area contributed by atoms with Crippen LogP contribution in [0.3, 0.4) is 0 Å². The van der Waals surface area contributed by atoms with Crippen molar-refractivity contribution in [3.63, 3.8) is 0 Å². The zero-order valence-electron chi connectivity index (χ0n) is 15.5. The van der Waals surface area contributed by atoms with Crippen molar-refractivity contribution in [3.05, 3.63) is 59.1 Å². The molecule has 1 amide bonds. The number of ether oxygens (including phenoxy) is 1. The number of amides is 1. The molecule has 1 atom stereocenters. The largest absolute Gasteiger partial charge is 0.452 e. The van der Waals surface area contributed by atoms with Crippen LogP contribution < -0.4 is 4.90 Å². The smallest absolute Gasteiger partial charge is 0.339 e. The van der Waals surface area contributed by atoms with Gasteiger partial charge in [-0.2, -0.15) is 0 Å². The number of hydrogen-bond acceptors (Lipinski definition) is 5. The van der Waals surface area contributed by atoms with E-state index in [0.717, 1.165) is 5.69 Å². The van der Waals surface area contributed by atoms with Crippen molar-refractivity contribution in [3.8, 4) is 0 Å². The third-order valence-electron chi connectivity index (χ3n) is 4.57. The molecule has 1 aliphatic rings. The Morgan fingerprint density at radius 2 is 1.68 bits per heavy atom. The first-order chi connectivity index (χ1) is 13.5. The summed E-state index contributed by atoms with van der Waals surface area (Å²) in [5.74, 6) is -0.892. The van der Waals surface area contributed by atoms with E-state index in [2.05, 4.69) is 4.90 Å². The van der Waals surface area contributed by atoms with Crippen molar-refractivity contribution in [1.82, 2.24) is 4.90 Å². The first-order valence-electron chi connectivity index (χ1n) is 8.84. The number of esters is 1. The summed E-state index contributed by atoms with van der Waals surface area (Å²) in [7, 11) is -1.32. The Kier molecular flexibility index (Phi) is 6.70. The summed E-state index contributed by atoms with van der Waals surface area (Å²) < 4.78 is 16.9. The number of carbonyl (C=O) groups excluding carboxylic acids is 2. The van der Waals surface area contributed by atoms with Crippen LogP contribution in [-0.4, -0.2) is 60.0 Å². The van der Waals surface area contributed by atoms with E-state index in [-0.39, 0.29) is 18.1 Å². The maximum atomic E-state index is 12.4. The standard InChI is InChI=1S/C20H21ClN2O4S/c1-28(26)18-9-5-2-6-15(18)20(25)27-14-19(24)23-12-10-22(11-13-23)17-8-4-3-7-16(17)21/h2-9H,10-14H2,1H3/t28-/m0/s1. The fourth-order valence-electron chi connectivity index (χ4n) is 3.09. The minimum Gasteiger partial charge on any atom is -0.452 e. The fraction of sp³-hybridized carbons (Fsp3) is 0.300. The van der Waals surface area contributed by atoms with Crippen LogP contribution in [0.5, 0.6) is 0 Å². The van der Waals surface area contributed by atoms with Crippen LogP contribution in [-0.2, 0) is 20.3 Å². The first-order valence-corrected chi connectivity index (χ1v) is 10.8. The molecule has 2 aromatic rings. The van der Waals surface area contributed by atoms with Crippen molar-refractivity contribution in [2.24, 2.45) is 0 Å². The van der Waals surface area contributed by atoms with Crippen molar-refractivity contribution in [2.75, 3.05) is 43.9 Å². The van der Waals surface area contributed by atoms with Gasteiger partial charge in [0.05, 0.1) is 32.0 Å². The topological polar surface area (TPSA) is 66.9 Å². The Morgan fingerprint density at radius 1 is 1.04 bits per heavy atom. The number of rotatable bonds is 5. The monoisotopic (exact) mass is 420 g/mol. The molecule has 6 nitrogen and oxygen atoms in total. The van der Waals surface area contributed by atoms with Gasteiger partial charge in [-0.05, 0) is 24.3 Å². The number of para-hydroxylation sites is 1. The molecule has 0 saturated carbocycles. The van der Waals surface area contributed by atoms with Gasteiger partial charge in [0.1, 0.15) is 0 Å². The fourth-order valence-corrected chi connectivity index (χ4v) is 4.07. The van der Waals surface area contributed by atoms with E-state index in [0.29, 0.717) is 36.1 Å². The third-order valence-corrected chi connectivity index (χ3v) is 5.86. The lowest BCUT2D eigenvalue weighted by molar-refractivity contribution is -0.134. The maximum Gasteiger partial charge on any atom is 0.339 e. The highest BCUT2D eigenvalue weighted by Gasteiger charge is 2.24. The molecule has 8 heteroatoms. The Morgan fingerprint density at radius 3 is 2.36 bits per heavy atom. The molecule has 1 aliphatic heterocycles. The Labute approximate surface area is 171 Å². The molecule has 148 valence electrons. The summed E-state index contributed by atoms with van der Waals surface area (Å²) in [4.78, 5) is 28.9. The summed E-state index contributed by atoms with van der Waals surface area (Å²) in [6.45, 7) is 2.02. The van der Waals surface area contributed by atoms with Crippen molar-refractivity contribution >= 4 is 40.0 Å². The van der Waals surface area contributed by atoms with Gasteiger partial charge in [0.2, 0.25) is 0 Å². The van der Waals surface area contributed by atoms with Crippen LogP contribution >= 0.6 is 11.6 Å². The molecule has 2 aromatic carbocycles. The molecule has 0 unspecified atom stereocenters. The summed E-state index contributed by atoms with van der Waals surface area (Å²) in [5, 5.41) is 0.684. The Hall–Kier alpha value is -2.38. The van der Waals surface area contributed by atoms with Gasteiger partial charge in [-0.15, -0.1) is 0 Å². The highest BCUT2D eigenvalue weighted by Crippen LogP contribution is 2.26. The zero-order chi connectivity index (χ0) is 20.1. The summed E-state index contributed by atoms with van der Waals surface area (Å²) >= 11 is 6.23. The van der Waals surface area contributed by atoms with E-state index < -0.39 is 16.8 Å². The summed E-state index contributed by atoms with van der Waals surface area (Å²) in [6.07, 6.45) is 1.50. The zero-order valence-corrected chi connectivity index (χ0v) is 17.0. The van der Waals surface area contributed by atoms with E-state index in [4.69, 9.17) is 16.3 Å². The SMILES string of the molecule is C[S@](=O)c1ccccc1C(=O)OCC(=O)N1CCN(c2ccccc2Cl)CC1. The summed E-state index contributed by atoms with van der Waals surface area (Å²) in [5.41, 5.74) is 1.17. The normalized spacial score (nSPS) is 15.2. The highest BCUT2D eigenvalue weighted by molar-refractivity contribution is 7.84.